The van der Waals surface area contributed by atoms with Gasteiger partial charge in [-0.2, -0.15) is 0 Å². The van der Waals surface area contributed by atoms with E-state index in [-0.39, 0.29) is 41.4 Å². The number of carbonyl (C=O) groups is 1. The molecule has 1 N–H and O–H groups in total. The van der Waals surface area contributed by atoms with Gasteiger partial charge in [0.25, 0.3) is 11.5 Å². The minimum atomic E-state index is -2.34. The SMILES string of the molecule is COc1ccc([Si](C)(C)[C@H]2[C@H](CCn3cc(CCO)nn3)O[C@@]3(C(=O)N(Cc4ccc(-n5cccc(OC)c5=O)cc4)c4ccc(Br)cc43)[C@@H]2C)cc1. The Balaban J connectivity index is 1.25. The van der Waals surface area contributed by atoms with Gasteiger partial charge in [-0.25, -0.2) is 0 Å². The summed E-state index contributed by atoms with van der Waals surface area (Å²) in [5, 5.41) is 19.2. The van der Waals surface area contributed by atoms with Crippen LogP contribution in [0.4, 0.5) is 5.69 Å². The van der Waals surface area contributed by atoms with E-state index in [1.165, 1.54) is 12.3 Å². The van der Waals surface area contributed by atoms with Gasteiger partial charge in [-0.1, -0.05) is 70.6 Å². The van der Waals surface area contributed by atoms with Crippen LogP contribution in [-0.4, -0.2) is 65.6 Å². The molecule has 1 amide bonds. The van der Waals surface area contributed by atoms with Crippen molar-refractivity contribution in [2.45, 2.75) is 63.2 Å². The fourth-order valence-corrected chi connectivity index (χ4v) is 12.8. The third kappa shape index (κ3) is 6.53. The van der Waals surface area contributed by atoms with Crippen LogP contribution in [0.2, 0.25) is 18.6 Å². The fraction of sp³-hybridized carbons (Fsp3) is 0.350. The Hall–Kier alpha value is -4.56. The molecular formula is C40H44BrN5O6Si. The van der Waals surface area contributed by atoms with E-state index in [9.17, 15) is 9.90 Å². The number of aliphatic hydroxyl groups is 1. The second-order valence-corrected chi connectivity index (χ2v) is 20.0. The van der Waals surface area contributed by atoms with Crippen molar-refractivity contribution in [2.75, 3.05) is 25.7 Å². The summed E-state index contributed by atoms with van der Waals surface area (Å²) in [6.07, 6.45) is 4.40. The summed E-state index contributed by atoms with van der Waals surface area (Å²) in [4.78, 5) is 29.9. The number of benzene rings is 3. The number of amides is 1. The van der Waals surface area contributed by atoms with E-state index in [2.05, 4.69) is 58.4 Å². The van der Waals surface area contributed by atoms with Crippen molar-refractivity contribution < 1.29 is 24.1 Å². The lowest BCUT2D eigenvalue weighted by Gasteiger charge is -2.37. The van der Waals surface area contributed by atoms with Crippen LogP contribution in [0, 0.1) is 5.92 Å². The molecule has 1 fully saturated rings. The molecule has 0 saturated carbocycles. The van der Waals surface area contributed by atoms with Crippen LogP contribution < -0.4 is 25.1 Å². The highest BCUT2D eigenvalue weighted by Gasteiger charge is 2.66. The number of hydrogen-bond donors (Lipinski definition) is 1. The first-order valence-corrected chi connectivity index (χ1v) is 21.7. The predicted molar refractivity (Wildman–Crippen MR) is 209 cm³/mol. The number of rotatable bonds is 12. The summed E-state index contributed by atoms with van der Waals surface area (Å²) < 4.78 is 22.2. The fourth-order valence-electron chi connectivity index (χ4n) is 8.43. The molecule has 2 aromatic heterocycles. The summed E-state index contributed by atoms with van der Waals surface area (Å²) in [6, 6.07) is 25.4. The first-order valence-electron chi connectivity index (χ1n) is 17.8. The van der Waals surface area contributed by atoms with Crippen molar-refractivity contribution in [3.05, 3.63) is 123 Å². The Morgan fingerprint density at radius 3 is 2.45 bits per heavy atom. The molecular weight excluding hydrogens is 754 g/mol. The van der Waals surface area contributed by atoms with Crippen LogP contribution in [0.1, 0.15) is 30.2 Å². The quantitative estimate of drug-likeness (QED) is 0.162. The molecule has 2 aliphatic rings. The number of anilines is 1. The van der Waals surface area contributed by atoms with Crippen LogP contribution in [0.3, 0.4) is 0 Å². The third-order valence-corrected chi connectivity index (χ3v) is 15.9. The summed E-state index contributed by atoms with van der Waals surface area (Å²) in [6.45, 7) is 7.82. The van der Waals surface area contributed by atoms with E-state index >= 15 is 4.79 Å². The van der Waals surface area contributed by atoms with Crippen LogP contribution in [0.15, 0.2) is 101 Å². The molecule has 0 aliphatic carbocycles. The molecule has 7 rings (SSSR count). The molecule has 0 radical (unpaired) electrons. The average Bonchev–Trinajstić information content (AvgIpc) is 3.81. The Kier molecular flexibility index (Phi) is 10.2. The number of carbonyl (C=O) groups excluding carboxylic acids is 1. The summed E-state index contributed by atoms with van der Waals surface area (Å²) in [5.41, 5.74) is 2.65. The van der Waals surface area contributed by atoms with Gasteiger partial charge in [0.15, 0.2) is 11.4 Å². The molecule has 4 heterocycles. The van der Waals surface area contributed by atoms with E-state index in [0.717, 1.165) is 32.7 Å². The molecule has 0 unspecified atom stereocenters. The molecule has 2 aliphatic heterocycles. The van der Waals surface area contributed by atoms with Crippen LogP contribution in [-0.2, 0) is 34.6 Å². The highest BCUT2D eigenvalue weighted by atomic mass is 79.9. The molecule has 5 aromatic rings. The van der Waals surface area contributed by atoms with Crippen molar-refractivity contribution in [2.24, 2.45) is 5.92 Å². The summed E-state index contributed by atoms with van der Waals surface area (Å²) in [7, 11) is 0.815. The minimum absolute atomic E-state index is 0.00814. The topological polar surface area (TPSA) is 121 Å². The molecule has 53 heavy (non-hydrogen) atoms. The number of fused-ring (bicyclic) bond motifs is 2. The molecule has 13 heteroatoms. The lowest BCUT2D eigenvalue weighted by molar-refractivity contribution is -0.146. The van der Waals surface area contributed by atoms with Gasteiger partial charge in [0.2, 0.25) is 0 Å². The largest absolute Gasteiger partial charge is 0.497 e. The van der Waals surface area contributed by atoms with Gasteiger partial charge in [0.1, 0.15) is 5.75 Å². The Bertz CT molecular complexity index is 2170. The normalized spacial score (nSPS) is 21.0. The summed E-state index contributed by atoms with van der Waals surface area (Å²) >= 11 is 3.70. The van der Waals surface area contributed by atoms with Crippen LogP contribution >= 0.6 is 15.9 Å². The van der Waals surface area contributed by atoms with E-state index < -0.39 is 13.7 Å². The lowest BCUT2D eigenvalue weighted by Crippen LogP contribution is -2.51. The zero-order valence-electron chi connectivity index (χ0n) is 30.5. The number of aliphatic hydroxyl groups excluding tert-OH is 1. The predicted octanol–water partition coefficient (Wildman–Crippen LogP) is 5.60. The number of aromatic nitrogens is 4. The van der Waals surface area contributed by atoms with Crippen molar-refractivity contribution in [3.8, 4) is 17.2 Å². The highest BCUT2D eigenvalue weighted by molar-refractivity contribution is 9.10. The Labute approximate surface area is 318 Å². The van der Waals surface area contributed by atoms with Gasteiger partial charge < -0.3 is 24.2 Å². The van der Waals surface area contributed by atoms with Gasteiger partial charge in [-0.15, -0.1) is 5.10 Å². The number of methoxy groups -OCH3 is 2. The van der Waals surface area contributed by atoms with Gasteiger partial charge >= 0.3 is 0 Å². The van der Waals surface area contributed by atoms with Crippen LogP contribution in [0.5, 0.6) is 11.5 Å². The van der Waals surface area contributed by atoms with Crippen LogP contribution in [0.25, 0.3) is 5.69 Å². The maximum Gasteiger partial charge on any atom is 0.297 e. The number of aryl methyl sites for hydroxylation is 1. The Morgan fingerprint density at radius 1 is 1.00 bits per heavy atom. The van der Waals surface area contributed by atoms with Gasteiger partial charge in [-0.3, -0.25) is 18.8 Å². The molecule has 11 nitrogen and oxygen atoms in total. The smallest absolute Gasteiger partial charge is 0.297 e. The second kappa shape index (κ2) is 14.7. The number of hydrogen-bond acceptors (Lipinski definition) is 8. The number of pyridine rings is 1. The first-order chi connectivity index (χ1) is 25.5. The third-order valence-electron chi connectivity index (χ3n) is 11.1. The number of halogens is 1. The van der Waals surface area contributed by atoms with E-state index in [0.29, 0.717) is 31.6 Å². The number of nitrogens with zero attached hydrogens (tertiary/aromatic N) is 5. The van der Waals surface area contributed by atoms with Crippen molar-refractivity contribution in [3.63, 3.8) is 0 Å². The van der Waals surface area contributed by atoms with E-state index in [1.807, 2.05) is 65.7 Å². The minimum Gasteiger partial charge on any atom is -0.497 e. The molecule has 4 atom stereocenters. The zero-order chi connectivity index (χ0) is 37.5. The highest BCUT2D eigenvalue weighted by Crippen LogP contribution is 2.60. The van der Waals surface area contributed by atoms with Crippen molar-refractivity contribution in [1.82, 2.24) is 19.6 Å². The average molecular weight is 799 g/mol. The second-order valence-electron chi connectivity index (χ2n) is 14.4. The van der Waals surface area contributed by atoms with Gasteiger partial charge in [-0.05, 0) is 72.1 Å². The Morgan fingerprint density at radius 2 is 1.75 bits per heavy atom. The van der Waals surface area contributed by atoms with Gasteiger partial charge in [0.05, 0.1) is 46.3 Å². The number of ether oxygens (including phenoxy) is 3. The molecule has 3 aromatic carbocycles. The van der Waals surface area contributed by atoms with Gasteiger partial charge in [0, 0.05) is 53.6 Å². The molecule has 1 spiro atoms. The monoisotopic (exact) mass is 797 g/mol. The molecule has 1 saturated heterocycles. The maximum absolute atomic E-state index is 15.2. The zero-order valence-corrected chi connectivity index (χ0v) is 33.1. The van der Waals surface area contributed by atoms with Crippen molar-refractivity contribution in [1.29, 1.82) is 0 Å². The van der Waals surface area contributed by atoms with E-state index in [1.54, 1.807) is 34.7 Å². The molecule has 0 bridgehead atoms. The standard InChI is InChI=1S/C40H44BrN5O6Si/c1-26-37(53(4,5)32-15-13-31(50-2)14-16-32)35(18-21-44-25-29(19-22-47)42-43-44)52-40(26)33-23-28(41)10-17-34(33)46(39(40)49)24-27-8-11-30(12-9-27)45-20-6-7-36(51-3)38(45)48/h6-17,20,23,25-26,35,37,47H,18-19,21-22,24H2,1-5H3/t26-,35+,37-,40+/m1/s1. The maximum atomic E-state index is 15.2. The van der Waals surface area contributed by atoms with Crippen molar-refractivity contribution >= 4 is 40.8 Å². The molecule has 276 valence electrons. The first kappa shape index (κ1) is 36.8. The summed E-state index contributed by atoms with van der Waals surface area (Å²) in [5.74, 6) is 0.825. The lowest BCUT2D eigenvalue weighted by atomic mass is 9.82. The van der Waals surface area contributed by atoms with E-state index in [4.69, 9.17) is 14.2 Å².